The molecule has 2 aromatic heterocycles. The van der Waals surface area contributed by atoms with Crippen molar-refractivity contribution in [2.24, 2.45) is 5.73 Å². The molecule has 2 heterocycles. The zero-order chi connectivity index (χ0) is 20.2. The van der Waals surface area contributed by atoms with Gasteiger partial charge in [-0.1, -0.05) is 42.5 Å². The number of para-hydroxylation sites is 1. The zero-order valence-corrected chi connectivity index (χ0v) is 15.5. The highest BCUT2D eigenvalue weighted by molar-refractivity contribution is 5.99. The standard InChI is InChI=1S/C22H18N6O/c23-12-11-16-3-1-2-4-19(16)25-13-15-5-7-17(8-6-15)20-10-9-18(21(24)29)22-26-14-27-28(20)22/h1-10,14,25H,11,13H2,(H2,24,29). The van der Waals surface area contributed by atoms with Crippen LogP contribution in [0.1, 0.15) is 21.5 Å². The van der Waals surface area contributed by atoms with Crippen LogP contribution in [0.25, 0.3) is 16.9 Å². The third-order valence-electron chi connectivity index (χ3n) is 4.71. The molecule has 0 unspecified atom stereocenters. The monoisotopic (exact) mass is 382 g/mol. The van der Waals surface area contributed by atoms with E-state index in [0.717, 1.165) is 28.1 Å². The summed E-state index contributed by atoms with van der Waals surface area (Å²) in [6.45, 7) is 0.641. The van der Waals surface area contributed by atoms with E-state index in [4.69, 9.17) is 11.0 Å². The fraction of sp³-hybridized carbons (Fsp3) is 0.0909. The lowest BCUT2D eigenvalue weighted by Crippen LogP contribution is -2.13. The maximum absolute atomic E-state index is 11.6. The Bertz CT molecular complexity index is 1220. The second kappa shape index (κ2) is 7.82. The number of nitrogens with one attached hydrogen (secondary N) is 1. The molecule has 4 aromatic rings. The molecule has 0 aliphatic carbocycles. The summed E-state index contributed by atoms with van der Waals surface area (Å²) in [6.07, 6.45) is 1.78. The van der Waals surface area contributed by atoms with Crippen LogP contribution in [-0.2, 0) is 13.0 Å². The number of pyridine rings is 1. The number of fused-ring (bicyclic) bond motifs is 1. The lowest BCUT2D eigenvalue weighted by molar-refractivity contribution is 0.100. The van der Waals surface area contributed by atoms with Crippen LogP contribution in [0.2, 0.25) is 0 Å². The van der Waals surface area contributed by atoms with Crippen LogP contribution in [0.15, 0.2) is 67.0 Å². The Morgan fingerprint density at radius 2 is 1.90 bits per heavy atom. The van der Waals surface area contributed by atoms with Crippen molar-refractivity contribution in [3.63, 3.8) is 0 Å². The predicted octanol–water partition coefficient (Wildman–Crippen LogP) is 3.17. The summed E-state index contributed by atoms with van der Waals surface area (Å²) in [5.74, 6) is -0.535. The Morgan fingerprint density at radius 1 is 1.10 bits per heavy atom. The lowest BCUT2D eigenvalue weighted by Gasteiger charge is -2.11. The number of nitrogens with zero attached hydrogens (tertiary/aromatic N) is 4. The molecule has 0 radical (unpaired) electrons. The molecule has 0 saturated carbocycles. The fourth-order valence-corrected chi connectivity index (χ4v) is 3.24. The van der Waals surface area contributed by atoms with Gasteiger partial charge in [0, 0.05) is 17.8 Å². The first-order chi connectivity index (χ1) is 14.2. The summed E-state index contributed by atoms with van der Waals surface area (Å²) in [6, 6.07) is 21.5. The summed E-state index contributed by atoms with van der Waals surface area (Å²) < 4.78 is 1.62. The number of hydrogen-bond acceptors (Lipinski definition) is 5. The third kappa shape index (κ3) is 3.64. The summed E-state index contributed by atoms with van der Waals surface area (Å²) in [5, 5.41) is 16.6. The summed E-state index contributed by atoms with van der Waals surface area (Å²) >= 11 is 0. The first-order valence-corrected chi connectivity index (χ1v) is 9.08. The first-order valence-electron chi connectivity index (χ1n) is 9.08. The number of benzene rings is 2. The second-order valence-electron chi connectivity index (χ2n) is 6.53. The van der Waals surface area contributed by atoms with Crippen molar-refractivity contribution in [1.29, 1.82) is 5.26 Å². The van der Waals surface area contributed by atoms with Gasteiger partial charge in [0.15, 0.2) is 5.65 Å². The van der Waals surface area contributed by atoms with E-state index in [2.05, 4.69) is 21.5 Å². The van der Waals surface area contributed by atoms with Gasteiger partial charge in [-0.25, -0.2) is 9.50 Å². The second-order valence-corrected chi connectivity index (χ2v) is 6.53. The molecule has 0 aliphatic heterocycles. The smallest absolute Gasteiger partial charge is 0.252 e. The maximum Gasteiger partial charge on any atom is 0.252 e. The van der Waals surface area contributed by atoms with Gasteiger partial charge < -0.3 is 11.1 Å². The molecule has 2 aromatic carbocycles. The van der Waals surface area contributed by atoms with Crippen LogP contribution in [0.5, 0.6) is 0 Å². The number of carbonyl (C=O) groups is 1. The molecule has 4 rings (SSSR count). The van der Waals surface area contributed by atoms with Gasteiger partial charge >= 0.3 is 0 Å². The molecular formula is C22H18N6O. The minimum Gasteiger partial charge on any atom is -0.381 e. The van der Waals surface area contributed by atoms with Gasteiger partial charge in [0.2, 0.25) is 0 Å². The van der Waals surface area contributed by atoms with Crippen molar-refractivity contribution >= 4 is 17.2 Å². The van der Waals surface area contributed by atoms with Crippen LogP contribution < -0.4 is 11.1 Å². The van der Waals surface area contributed by atoms with Crippen molar-refractivity contribution in [3.05, 3.63) is 83.7 Å². The van der Waals surface area contributed by atoms with Crippen LogP contribution >= 0.6 is 0 Å². The minimum atomic E-state index is -0.535. The first kappa shape index (κ1) is 18.2. The van der Waals surface area contributed by atoms with Crippen molar-refractivity contribution in [1.82, 2.24) is 14.6 Å². The fourth-order valence-electron chi connectivity index (χ4n) is 3.24. The Labute approximate surface area is 167 Å². The summed E-state index contributed by atoms with van der Waals surface area (Å²) in [5.41, 5.74) is 11.0. The molecular weight excluding hydrogens is 364 g/mol. The topological polar surface area (TPSA) is 109 Å². The number of anilines is 1. The van der Waals surface area contributed by atoms with Gasteiger partial charge in [0.1, 0.15) is 6.33 Å². The highest BCUT2D eigenvalue weighted by atomic mass is 16.1. The van der Waals surface area contributed by atoms with Crippen molar-refractivity contribution < 1.29 is 4.79 Å². The molecule has 0 aliphatic rings. The van der Waals surface area contributed by atoms with E-state index in [1.54, 1.807) is 10.6 Å². The van der Waals surface area contributed by atoms with Crippen molar-refractivity contribution in [2.45, 2.75) is 13.0 Å². The number of carbonyl (C=O) groups excluding carboxylic acids is 1. The van der Waals surface area contributed by atoms with Crippen LogP contribution in [0.4, 0.5) is 5.69 Å². The Kier molecular flexibility index (Phi) is 4.91. The molecule has 7 heteroatoms. The van der Waals surface area contributed by atoms with E-state index in [9.17, 15) is 4.79 Å². The van der Waals surface area contributed by atoms with Crippen LogP contribution in [0.3, 0.4) is 0 Å². The maximum atomic E-state index is 11.6. The summed E-state index contributed by atoms with van der Waals surface area (Å²) in [4.78, 5) is 15.7. The molecule has 3 N–H and O–H groups in total. The molecule has 0 spiro atoms. The van der Waals surface area contributed by atoms with Crippen molar-refractivity contribution in [3.8, 4) is 17.3 Å². The third-order valence-corrected chi connectivity index (χ3v) is 4.71. The van der Waals surface area contributed by atoms with Crippen LogP contribution in [0, 0.1) is 11.3 Å². The van der Waals surface area contributed by atoms with Crippen molar-refractivity contribution in [2.75, 3.05) is 5.32 Å². The number of nitriles is 1. The van der Waals surface area contributed by atoms with E-state index in [-0.39, 0.29) is 0 Å². The molecule has 0 bridgehead atoms. The Balaban J connectivity index is 1.56. The average Bonchev–Trinajstić information content (AvgIpc) is 3.23. The van der Waals surface area contributed by atoms with E-state index in [1.165, 1.54) is 6.33 Å². The summed E-state index contributed by atoms with van der Waals surface area (Å²) in [7, 11) is 0. The molecule has 7 nitrogen and oxygen atoms in total. The largest absolute Gasteiger partial charge is 0.381 e. The zero-order valence-electron chi connectivity index (χ0n) is 15.5. The quantitative estimate of drug-likeness (QED) is 0.532. The molecule has 0 atom stereocenters. The highest BCUT2D eigenvalue weighted by Crippen LogP contribution is 2.23. The number of rotatable bonds is 6. The average molecular weight is 382 g/mol. The molecule has 1 amide bonds. The SMILES string of the molecule is N#CCc1ccccc1NCc1ccc(-c2ccc(C(N)=O)c3ncnn23)cc1. The van der Waals surface area contributed by atoms with Gasteiger partial charge in [-0.2, -0.15) is 10.4 Å². The number of nitrogens with two attached hydrogens (primary N) is 1. The van der Waals surface area contributed by atoms with Gasteiger partial charge in [-0.3, -0.25) is 4.79 Å². The number of aromatic nitrogens is 3. The van der Waals surface area contributed by atoms with E-state index in [1.807, 2.05) is 54.6 Å². The number of hydrogen-bond donors (Lipinski definition) is 2. The van der Waals surface area contributed by atoms with Gasteiger partial charge in [0.05, 0.1) is 23.7 Å². The lowest BCUT2D eigenvalue weighted by atomic mass is 10.1. The molecule has 142 valence electrons. The number of primary amides is 1. The molecule has 0 fully saturated rings. The molecule has 0 saturated heterocycles. The Morgan fingerprint density at radius 3 is 2.66 bits per heavy atom. The Hall–Kier alpha value is -4.18. The highest BCUT2D eigenvalue weighted by Gasteiger charge is 2.13. The molecule has 29 heavy (non-hydrogen) atoms. The normalized spacial score (nSPS) is 10.6. The van der Waals surface area contributed by atoms with Gasteiger partial charge in [0.25, 0.3) is 5.91 Å². The number of amides is 1. The van der Waals surface area contributed by atoms with Gasteiger partial charge in [-0.05, 0) is 29.3 Å². The minimum absolute atomic E-state index is 0.336. The van der Waals surface area contributed by atoms with E-state index in [0.29, 0.717) is 24.2 Å². The van der Waals surface area contributed by atoms with E-state index < -0.39 is 5.91 Å². The van der Waals surface area contributed by atoms with E-state index >= 15 is 0 Å². The van der Waals surface area contributed by atoms with Crippen LogP contribution in [-0.4, -0.2) is 20.5 Å². The predicted molar refractivity (Wildman–Crippen MR) is 110 cm³/mol. The van der Waals surface area contributed by atoms with Gasteiger partial charge in [-0.15, -0.1) is 0 Å².